The number of carbonyl (C=O) groups excluding carboxylic acids is 2. The molecule has 0 aliphatic carbocycles. The number of hydrogen-bond acceptors (Lipinski definition) is 4. The fourth-order valence-corrected chi connectivity index (χ4v) is 3.75. The number of hydrogen-bond donors (Lipinski definition) is 5. The molecule has 0 fully saturated rings. The summed E-state index contributed by atoms with van der Waals surface area (Å²) in [5.41, 5.74) is 14.6. The fourth-order valence-electron chi connectivity index (χ4n) is 3.75. The molecule has 166 valence electrons. The van der Waals surface area contributed by atoms with Gasteiger partial charge in [-0.1, -0.05) is 36.4 Å². The van der Waals surface area contributed by atoms with Crippen LogP contribution in [-0.4, -0.2) is 27.3 Å². The largest absolute Gasteiger partial charge is 0.507 e. The number of phenolic OH excluding ortho intramolecular Hbond substituents is 1. The van der Waals surface area contributed by atoms with E-state index in [2.05, 4.69) is 5.32 Å². The number of aromatic nitrogens is 1. The van der Waals surface area contributed by atoms with E-state index in [0.717, 1.165) is 11.1 Å². The molecule has 7 N–H and O–H groups in total. The highest BCUT2D eigenvalue weighted by Gasteiger charge is 2.18. The van der Waals surface area contributed by atoms with Crippen LogP contribution in [-0.2, 0) is 13.1 Å². The summed E-state index contributed by atoms with van der Waals surface area (Å²) in [6.07, 6.45) is 0. The average Bonchev–Trinajstić information content (AvgIpc) is 3.17. The molecule has 1 aromatic heterocycles. The maximum Gasteiger partial charge on any atom is 0.268 e. The Morgan fingerprint density at radius 3 is 2.30 bits per heavy atom. The molecule has 8 nitrogen and oxygen atoms in total. The van der Waals surface area contributed by atoms with Crippen molar-refractivity contribution in [3.8, 4) is 5.75 Å². The molecule has 3 aromatic carbocycles. The summed E-state index contributed by atoms with van der Waals surface area (Å²) in [5.74, 6) is -0.834. The van der Waals surface area contributed by atoms with Gasteiger partial charge in [-0.2, -0.15) is 0 Å². The summed E-state index contributed by atoms with van der Waals surface area (Å²) >= 11 is 0. The van der Waals surface area contributed by atoms with Gasteiger partial charge in [-0.15, -0.1) is 0 Å². The van der Waals surface area contributed by atoms with Crippen molar-refractivity contribution in [2.24, 2.45) is 11.5 Å². The van der Waals surface area contributed by atoms with Gasteiger partial charge in [-0.3, -0.25) is 15.0 Å². The fraction of sp³-hybridized carbons (Fsp3) is 0.0800. The second kappa shape index (κ2) is 8.88. The zero-order valence-electron chi connectivity index (χ0n) is 17.7. The smallest absolute Gasteiger partial charge is 0.268 e. The van der Waals surface area contributed by atoms with E-state index < -0.39 is 5.91 Å². The van der Waals surface area contributed by atoms with Crippen LogP contribution in [0.3, 0.4) is 0 Å². The topological polar surface area (TPSA) is 147 Å². The molecule has 2 amide bonds. The highest BCUT2D eigenvalue weighted by Crippen LogP contribution is 2.29. The van der Waals surface area contributed by atoms with E-state index in [1.54, 1.807) is 60.7 Å². The van der Waals surface area contributed by atoms with Crippen LogP contribution in [0, 0.1) is 5.41 Å². The minimum absolute atomic E-state index is 0.0389. The van der Waals surface area contributed by atoms with Gasteiger partial charge in [0.05, 0.1) is 5.52 Å². The van der Waals surface area contributed by atoms with Crippen LogP contribution in [0.2, 0.25) is 0 Å². The summed E-state index contributed by atoms with van der Waals surface area (Å²) in [7, 11) is 0. The number of rotatable bonds is 7. The number of nitrogens with two attached hydrogens (primary N) is 2. The molecule has 0 saturated carbocycles. The molecular formula is C25H23N5O3. The first-order valence-corrected chi connectivity index (χ1v) is 10.2. The van der Waals surface area contributed by atoms with Crippen molar-refractivity contribution >= 4 is 28.6 Å². The zero-order valence-corrected chi connectivity index (χ0v) is 17.7. The Balaban J connectivity index is 1.67. The summed E-state index contributed by atoms with van der Waals surface area (Å²) in [4.78, 5) is 24.6. The number of nitrogens with one attached hydrogen (secondary N) is 2. The summed E-state index contributed by atoms with van der Waals surface area (Å²) < 4.78 is 1.81. The van der Waals surface area contributed by atoms with Crippen molar-refractivity contribution in [3.63, 3.8) is 0 Å². The molecule has 1 heterocycles. The summed E-state index contributed by atoms with van der Waals surface area (Å²) in [6, 6.07) is 20.8. The Hall–Kier alpha value is -4.59. The summed E-state index contributed by atoms with van der Waals surface area (Å²) in [5, 5.41) is 21.4. The number of amidine groups is 1. The Morgan fingerprint density at radius 1 is 0.909 bits per heavy atom. The van der Waals surface area contributed by atoms with E-state index in [4.69, 9.17) is 16.9 Å². The number of aromatic hydroxyl groups is 1. The lowest BCUT2D eigenvalue weighted by molar-refractivity contribution is 0.0942. The zero-order chi connectivity index (χ0) is 23.5. The standard InChI is InChI=1S/C25H23N5O3/c26-23(27)17-6-2-5-16(11-17)14-30-20-8-3-9-22(31)19(20)12-21(30)25(33)29-13-15-4-1-7-18(10-15)24(28)32/h1-12,31H,13-14H2,(H3,26,27)(H2,28,32)(H,29,33). The van der Waals surface area contributed by atoms with Crippen LogP contribution in [0.15, 0.2) is 72.8 Å². The SMILES string of the molecule is N=C(N)c1cccc(Cn2c(C(=O)NCc3cccc(C(N)=O)c3)cc3c(O)cccc32)c1. The van der Waals surface area contributed by atoms with E-state index >= 15 is 0 Å². The lowest BCUT2D eigenvalue weighted by atomic mass is 10.1. The predicted octanol–water partition coefficient (Wildman–Crippen LogP) is 2.71. The molecule has 0 bridgehead atoms. The predicted molar refractivity (Wildman–Crippen MR) is 126 cm³/mol. The number of nitrogen functional groups attached to an aromatic ring is 1. The number of benzene rings is 3. The minimum Gasteiger partial charge on any atom is -0.507 e. The lowest BCUT2D eigenvalue weighted by Crippen LogP contribution is -2.26. The lowest BCUT2D eigenvalue weighted by Gasteiger charge is -2.13. The molecule has 0 saturated heterocycles. The number of fused-ring (bicyclic) bond motifs is 1. The quantitative estimate of drug-likeness (QED) is 0.222. The molecule has 0 aliphatic heterocycles. The third-order valence-electron chi connectivity index (χ3n) is 5.40. The van der Waals surface area contributed by atoms with Crippen molar-refractivity contribution in [2.45, 2.75) is 13.1 Å². The molecule has 0 aliphatic rings. The van der Waals surface area contributed by atoms with Crippen LogP contribution in [0.5, 0.6) is 5.75 Å². The normalized spacial score (nSPS) is 10.8. The van der Waals surface area contributed by atoms with Gasteiger partial charge in [0.15, 0.2) is 0 Å². The third kappa shape index (κ3) is 4.54. The van der Waals surface area contributed by atoms with Gasteiger partial charge >= 0.3 is 0 Å². The molecule has 0 atom stereocenters. The van der Waals surface area contributed by atoms with Crippen molar-refractivity contribution in [1.29, 1.82) is 5.41 Å². The second-order valence-electron chi connectivity index (χ2n) is 7.69. The Morgan fingerprint density at radius 2 is 1.58 bits per heavy atom. The van der Waals surface area contributed by atoms with Gasteiger partial charge < -0.3 is 26.5 Å². The average molecular weight is 441 g/mol. The maximum absolute atomic E-state index is 13.1. The van der Waals surface area contributed by atoms with Crippen LogP contribution < -0.4 is 16.8 Å². The molecule has 33 heavy (non-hydrogen) atoms. The maximum atomic E-state index is 13.1. The molecular weight excluding hydrogens is 418 g/mol. The monoisotopic (exact) mass is 441 g/mol. The Labute approximate surface area is 190 Å². The highest BCUT2D eigenvalue weighted by atomic mass is 16.3. The van der Waals surface area contributed by atoms with Crippen LogP contribution in [0.1, 0.15) is 37.5 Å². The summed E-state index contributed by atoms with van der Waals surface area (Å²) in [6.45, 7) is 0.543. The van der Waals surface area contributed by atoms with Gasteiger partial charge in [0.1, 0.15) is 17.3 Å². The Kier molecular flexibility index (Phi) is 5.82. The van der Waals surface area contributed by atoms with Gasteiger partial charge in [0.25, 0.3) is 5.91 Å². The number of amides is 2. The number of primary amides is 1. The van der Waals surface area contributed by atoms with Gasteiger partial charge in [0, 0.05) is 29.6 Å². The second-order valence-corrected chi connectivity index (χ2v) is 7.69. The molecule has 8 heteroatoms. The van der Waals surface area contributed by atoms with E-state index in [0.29, 0.717) is 34.3 Å². The molecule has 0 radical (unpaired) electrons. The molecule has 0 unspecified atom stereocenters. The molecule has 4 rings (SSSR count). The van der Waals surface area contributed by atoms with Crippen LogP contribution in [0.4, 0.5) is 0 Å². The number of carbonyl (C=O) groups is 2. The van der Waals surface area contributed by atoms with Crippen molar-refractivity contribution < 1.29 is 14.7 Å². The third-order valence-corrected chi connectivity index (χ3v) is 5.40. The van der Waals surface area contributed by atoms with E-state index in [1.165, 1.54) is 0 Å². The van der Waals surface area contributed by atoms with Crippen LogP contribution in [0.25, 0.3) is 10.9 Å². The van der Waals surface area contributed by atoms with Crippen molar-refractivity contribution in [1.82, 2.24) is 9.88 Å². The molecule has 4 aromatic rings. The van der Waals surface area contributed by atoms with Gasteiger partial charge in [-0.25, -0.2) is 0 Å². The van der Waals surface area contributed by atoms with Crippen molar-refractivity contribution in [2.75, 3.05) is 0 Å². The first kappa shape index (κ1) is 21.6. The van der Waals surface area contributed by atoms with Gasteiger partial charge in [-0.05, 0) is 47.5 Å². The van der Waals surface area contributed by atoms with Crippen molar-refractivity contribution in [3.05, 3.63) is 101 Å². The van der Waals surface area contributed by atoms with E-state index in [1.807, 2.05) is 16.7 Å². The van der Waals surface area contributed by atoms with E-state index in [9.17, 15) is 14.7 Å². The number of nitrogens with zero attached hydrogens (tertiary/aromatic N) is 1. The first-order chi connectivity index (χ1) is 15.8. The molecule has 0 spiro atoms. The van der Waals surface area contributed by atoms with E-state index in [-0.39, 0.29) is 24.0 Å². The Bertz CT molecular complexity index is 1390. The number of phenols is 1. The highest BCUT2D eigenvalue weighted by molar-refractivity contribution is 6.00. The van der Waals surface area contributed by atoms with Gasteiger partial charge in [0.2, 0.25) is 5.91 Å². The minimum atomic E-state index is -0.536. The first-order valence-electron chi connectivity index (χ1n) is 10.2. The van der Waals surface area contributed by atoms with Crippen LogP contribution >= 0.6 is 0 Å².